The summed E-state index contributed by atoms with van der Waals surface area (Å²) < 4.78 is 5.57. The summed E-state index contributed by atoms with van der Waals surface area (Å²) in [6, 6.07) is 13.8. The number of rotatable bonds is 3. The van der Waals surface area contributed by atoms with Crippen molar-refractivity contribution in [2.24, 2.45) is 0 Å². The molecule has 20 heavy (non-hydrogen) atoms. The van der Waals surface area contributed by atoms with E-state index in [0.29, 0.717) is 26.9 Å². The van der Waals surface area contributed by atoms with Crippen LogP contribution in [0.25, 0.3) is 0 Å². The van der Waals surface area contributed by atoms with Crippen molar-refractivity contribution >= 4 is 23.2 Å². The summed E-state index contributed by atoms with van der Waals surface area (Å²) in [5.41, 5.74) is 1.72. The Hall–Kier alpha value is -2.20. The number of nitrogens with zero attached hydrogens (tertiary/aromatic N) is 2. The van der Waals surface area contributed by atoms with Crippen molar-refractivity contribution in [1.82, 2.24) is 0 Å². The Balaban J connectivity index is 2.13. The van der Waals surface area contributed by atoms with Gasteiger partial charge in [-0.05, 0) is 30.3 Å². The van der Waals surface area contributed by atoms with Crippen LogP contribution < -0.4 is 4.74 Å². The molecule has 0 aliphatic carbocycles. The maximum atomic E-state index is 8.76. The van der Waals surface area contributed by atoms with E-state index in [2.05, 4.69) is 0 Å². The molecule has 2 aromatic carbocycles. The van der Waals surface area contributed by atoms with Gasteiger partial charge in [-0.3, -0.25) is 0 Å². The van der Waals surface area contributed by atoms with E-state index in [-0.39, 0.29) is 6.61 Å². The molecule has 0 aromatic heterocycles. The average Bonchev–Trinajstić information content (AvgIpc) is 2.46. The highest BCUT2D eigenvalue weighted by Crippen LogP contribution is 2.27. The third-order valence-corrected chi connectivity index (χ3v) is 3.27. The zero-order chi connectivity index (χ0) is 14.5. The number of hydrogen-bond acceptors (Lipinski definition) is 3. The van der Waals surface area contributed by atoms with Gasteiger partial charge in [0.2, 0.25) is 0 Å². The minimum Gasteiger partial charge on any atom is -0.487 e. The summed E-state index contributed by atoms with van der Waals surface area (Å²) in [6.45, 7) is 0.232. The summed E-state index contributed by atoms with van der Waals surface area (Å²) >= 11 is 12.1. The Kier molecular flexibility index (Phi) is 4.48. The first kappa shape index (κ1) is 14.2. The quantitative estimate of drug-likeness (QED) is 0.848. The number of halogens is 2. The second-order valence-corrected chi connectivity index (χ2v) is 4.78. The SMILES string of the molecule is N#Cc1ccc(COc2ccc(C#N)cc2Cl)c(Cl)c1. The van der Waals surface area contributed by atoms with Crippen LogP contribution in [0, 0.1) is 22.7 Å². The highest BCUT2D eigenvalue weighted by molar-refractivity contribution is 6.32. The van der Waals surface area contributed by atoms with Crippen LogP contribution in [-0.4, -0.2) is 0 Å². The third-order valence-electron chi connectivity index (χ3n) is 2.63. The molecule has 2 rings (SSSR count). The fraction of sp³-hybridized carbons (Fsp3) is 0.0667. The van der Waals surface area contributed by atoms with Crippen molar-refractivity contribution in [2.45, 2.75) is 6.61 Å². The summed E-state index contributed by atoms with van der Waals surface area (Å²) in [5, 5.41) is 18.4. The minimum atomic E-state index is 0.232. The second-order valence-electron chi connectivity index (χ2n) is 3.96. The van der Waals surface area contributed by atoms with Gasteiger partial charge in [-0.25, -0.2) is 0 Å². The van der Waals surface area contributed by atoms with Crippen LogP contribution in [0.4, 0.5) is 0 Å². The van der Waals surface area contributed by atoms with E-state index >= 15 is 0 Å². The maximum Gasteiger partial charge on any atom is 0.138 e. The molecular weight excluding hydrogens is 295 g/mol. The lowest BCUT2D eigenvalue weighted by Gasteiger charge is -2.09. The van der Waals surface area contributed by atoms with Gasteiger partial charge in [0.05, 0.1) is 28.3 Å². The summed E-state index contributed by atoms with van der Waals surface area (Å²) in [4.78, 5) is 0. The molecule has 0 spiro atoms. The first-order valence-corrected chi connectivity index (χ1v) is 6.40. The van der Waals surface area contributed by atoms with Gasteiger partial charge in [0.15, 0.2) is 0 Å². The Morgan fingerprint density at radius 2 is 1.50 bits per heavy atom. The normalized spacial score (nSPS) is 9.60. The van der Waals surface area contributed by atoms with Crippen LogP contribution in [0.1, 0.15) is 16.7 Å². The van der Waals surface area contributed by atoms with Crippen LogP contribution in [0.2, 0.25) is 10.0 Å². The molecule has 0 radical (unpaired) electrons. The molecule has 5 heteroatoms. The van der Waals surface area contributed by atoms with Crippen molar-refractivity contribution in [3.8, 4) is 17.9 Å². The molecular formula is C15H8Cl2N2O. The first-order chi connectivity index (χ1) is 9.63. The second kappa shape index (κ2) is 6.30. The van der Waals surface area contributed by atoms with Gasteiger partial charge in [-0.1, -0.05) is 29.3 Å². The highest BCUT2D eigenvalue weighted by Gasteiger charge is 2.06. The van der Waals surface area contributed by atoms with E-state index < -0.39 is 0 Å². The Labute approximate surface area is 126 Å². The lowest BCUT2D eigenvalue weighted by molar-refractivity contribution is 0.306. The molecule has 98 valence electrons. The minimum absolute atomic E-state index is 0.232. The number of nitriles is 2. The van der Waals surface area contributed by atoms with Crippen molar-refractivity contribution in [3.05, 3.63) is 63.1 Å². The molecule has 0 aliphatic heterocycles. The average molecular weight is 303 g/mol. The predicted molar refractivity (Wildman–Crippen MR) is 76.7 cm³/mol. The number of hydrogen-bond donors (Lipinski definition) is 0. The standard InChI is InChI=1S/C15H8Cl2N2O/c16-13-5-10(7-18)1-3-12(13)9-20-15-4-2-11(8-19)6-14(15)17/h1-6H,9H2. The van der Waals surface area contributed by atoms with E-state index in [0.717, 1.165) is 5.56 Å². The molecule has 2 aromatic rings. The van der Waals surface area contributed by atoms with E-state index in [1.807, 2.05) is 12.1 Å². The molecule has 0 heterocycles. The monoisotopic (exact) mass is 302 g/mol. The Morgan fingerprint density at radius 1 is 0.900 bits per heavy atom. The highest BCUT2D eigenvalue weighted by atomic mass is 35.5. The first-order valence-electron chi connectivity index (χ1n) is 5.65. The van der Waals surface area contributed by atoms with Gasteiger partial charge in [0, 0.05) is 10.6 Å². The predicted octanol–water partition coefficient (Wildman–Crippen LogP) is 4.32. The fourth-order valence-electron chi connectivity index (χ4n) is 1.58. The number of ether oxygens (including phenoxy) is 1. The largest absolute Gasteiger partial charge is 0.487 e. The van der Waals surface area contributed by atoms with Crippen LogP contribution in [0.5, 0.6) is 5.75 Å². The molecule has 0 unspecified atom stereocenters. The molecule has 0 atom stereocenters. The van der Waals surface area contributed by atoms with Crippen molar-refractivity contribution in [3.63, 3.8) is 0 Å². The van der Waals surface area contributed by atoms with Crippen molar-refractivity contribution in [1.29, 1.82) is 10.5 Å². The lowest BCUT2D eigenvalue weighted by Crippen LogP contribution is -1.97. The molecule has 0 saturated heterocycles. The summed E-state index contributed by atoms with van der Waals surface area (Å²) in [6.07, 6.45) is 0. The van der Waals surface area contributed by atoms with E-state index in [1.54, 1.807) is 30.3 Å². The fourth-order valence-corrected chi connectivity index (χ4v) is 2.05. The third kappa shape index (κ3) is 3.22. The zero-order valence-electron chi connectivity index (χ0n) is 10.2. The topological polar surface area (TPSA) is 56.8 Å². The molecule has 3 nitrogen and oxygen atoms in total. The molecule has 0 aliphatic rings. The lowest BCUT2D eigenvalue weighted by atomic mass is 10.1. The van der Waals surface area contributed by atoms with Crippen LogP contribution in [-0.2, 0) is 6.61 Å². The Morgan fingerprint density at radius 3 is 2.05 bits per heavy atom. The Bertz CT molecular complexity index is 666. The molecule has 0 bridgehead atoms. The molecule has 0 fully saturated rings. The van der Waals surface area contributed by atoms with Gasteiger partial charge in [-0.2, -0.15) is 10.5 Å². The van der Waals surface area contributed by atoms with Crippen LogP contribution >= 0.6 is 23.2 Å². The molecule has 0 N–H and O–H groups in total. The van der Waals surface area contributed by atoms with E-state index in [9.17, 15) is 0 Å². The molecule has 0 amide bonds. The van der Waals surface area contributed by atoms with Crippen LogP contribution in [0.15, 0.2) is 36.4 Å². The summed E-state index contributed by atoms with van der Waals surface area (Å²) in [5.74, 6) is 0.478. The van der Waals surface area contributed by atoms with Gasteiger partial charge < -0.3 is 4.74 Å². The van der Waals surface area contributed by atoms with Gasteiger partial charge in [0.1, 0.15) is 12.4 Å². The van der Waals surface area contributed by atoms with Crippen molar-refractivity contribution < 1.29 is 4.74 Å². The van der Waals surface area contributed by atoms with Crippen molar-refractivity contribution in [2.75, 3.05) is 0 Å². The molecule has 0 saturated carbocycles. The van der Waals surface area contributed by atoms with Gasteiger partial charge in [-0.15, -0.1) is 0 Å². The van der Waals surface area contributed by atoms with Crippen LogP contribution in [0.3, 0.4) is 0 Å². The smallest absolute Gasteiger partial charge is 0.138 e. The zero-order valence-corrected chi connectivity index (χ0v) is 11.7. The maximum absolute atomic E-state index is 8.76. The van der Waals surface area contributed by atoms with E-state index in [4.69, 9.17) is 38.5 Å². The number of benzene rings is 2. The van der Waals surface area contributed by atoms with Gasteiger partial charge >= 0.3 is 0 Å². The summed E-state index contributed by atoms with van der Waals surface area (Å²) in [7, 11) is 0. The van der Waals surface area contributed by atoms with E-state index in [1.165, 1.54) is 6.07 Å². The van der Waals surface area contributed by atoms with Gasteiger partial charge in [0.25, 0.3) is 0 Å².